The molecule has 21 heavy (non-hydrogen) atoms. The molecule has 1 fully saturated rings. The fourth-order valence-corrected chi connectivity index (χ4v) is 4.67. The number of carbonyl (C=O) groups is 1. The Morgan fingerprint density at radius 2 is 2.10 bits per heavy atom. The maximum absolute atomic E-state index is 11.2. The molecule has 0 spiro atoms. The SMILES string of the molecule is O=C(O)CC1(Cc2nc3cc(Cl)ccc3s2)CCCCC1. The quantitative estimate of drug-likeness (QED) is 0.869. The Hall–Kier alpha value is -1.13. The molecule has 3 rings (SSSR count). The number of aliphatic carboxylic acids is 1. The third-order valence-corrected chi connectivity index (χ3v) is 5.63. The summed E-state index contributed by atoms with van der Waals surface area (Å²) in [6, 6.07) is 5.74. The van der Waals surface area contributed by atoms with E-state index < -0.39 is 5.97 Å². The predicted molar refractivity (Wildman–Crippen MR) is 86.1 cm³/mol. The van der Waals surface area contributed by atoms with Gasteiger partial charge in [-0.3, -0.25) is 4.79 Å². The van der Waals surface area contributed by atoms with Crippen LogP contribution in [0.15, 0.2) is 18.2 Å². The predicted octanol–water partition coefficient (Wildman–Crippen LogP) is 4.92. The molecule has 0 amide bonds. The van der Waals surface area contributed by atoms with Gasteiger partial charge in [-0.2, -0.15) is 0 Å². The number of halogens is 1. The van der Waals surface area contributed by atoms with E-state index in [9.17, 15) is 9.90 Å². The Morgan fingerprint density at radius 1 is 1.33 bits per heavy atom. The summed E-state index contributed by atoms with van der Waals surface area (Å²) < 4.78 is 1.12. The molecule has 5 heteroatoms. The summed E-state index contributed by atoms with van der Waals surface area (Å²) in [5, 5.41) is 11.0. The lowest BCUT2D eigenvalue weighted by atomic mass is 9.70. The van der Waals surface area contributed by atoms with Crippen LogP contribution in [0, 0.1) is 5.41 Å². The van der Waals surface area contributed by atoms with Gasteiger partial charge in [0.2, 0.25) is 0 Å². The molecule has 0 saturated heterocycles. The summed E-state index contributed by atoms with van der Waals surface area (Å²) in [7, 11) is 0. The maximum atomic E-state index is 11.2. The molecule has 0 radical (unpaired) electrons. The van der Waals surface area contributed by atoms with Gasteiger partial charge in [0.15, 0.2) is 0 Å². The maximum Gasteiger partial charge on any atom is 0.303 e. The summed E-state index contributed by atoms with van der Waals surface area (Å²) in [6.45, 7) is 0. The second kappa shape index (κ2) is 5.93. The highest BCUT2D eigenvalue weighted by Crippen LogP contribution is 2.43. The molecule has 1 aromatic heterocycles. The van der Waals surface area contributed by atoms with Crippen molar-refractivity contribution >= 4 is 39.1 Å². The zero-order valence-electron chi connectivity index (χ0n) is 11.8. The van der Waals surface area contributed by atoms with Gasteiger partial charge in [0.25, 0.3) is 0 Å². The molecular weight excluding hydrogens is 306 g/mol. The summed E-state index contributed by atoms with van der Waals surface area (Å²) in [6.07, 6.45) is 6.50. The van der Waals surface area contributed by atoms with Crippen molar-refractivity contribution in [1.29, 1.82) is 0 Å². The molecule has 1 aliphatic carbocycles. The number of hydrogen-bond acceptors (Lipinski definition) is 3. The minimum Gasteiger partial charge on any atom is -0.481 e. The number of hydrogen-bond donors (Lipinski definition) is 1. The zero-order valence-corrected chi connectivity index (χ0v) is 13.3. The summed E-state index contributed by atoms with van der Waals surface area (Å²) in [5.74, 6) is -0.693. The van der Waals surface area contributed by atoms with Crippen LogP contribution in [0.25, 0.3) is 10.2 Å². The van der Waals surface area contributed by atoms with Crippen molar-refractivity contribution < 1.29 is 9.90 Å². The van der Waals surface area contributed by atoms with E-state index >= 15 is 0 Å². The van der Waals surface area contributed by atoms with Crippen LogP contribution in [-0.2, 0) is 11.2 Å². The van der Waals surface area contributed by atoms with Gasteiger partial charge in [0.05, 0.1) is 21.6 Å². The van der Waals surface area contributed by atoms with Gasteiger partial charge in [-0.15, -0.1) is 11.3 Å². The lowest BCUT2D eigenvalue weighted by Gasteiger charge is -2.35. The second-order valence-corrected chi connectivity index (χ2v) is 7.58. The average molecular weight is 324 g/mol. The minimum absolute atomic E-state index is 0.109. The lowest BCUT2D eigenvalue weighted by Crippen LogP contribution is -2.29. The third kappa shape index (κ3) is 3.38. The van der Waals surface area contributed by atoms with Crippen LogP contribution in [0.3, 0.4) is 0 Å². The smallest absolute Gasteiger partial charge is 0.303 e. The molecule has 0 unspecified atom stereocenters. The largest absolute Gasteiger partial charge is 0.481 e. The highest BCUT2D eigenvalue weighted by atomic mass is 35.5. The molecular formula is C16H18ClNO2S. The van der Waals surface area contributed by atoms with Gasteiger partial charge < -0.3 is 5.11 Å². The van der Waals surface area contributed by atoms with Crippen LogP contribution in [0.1, 0.15) is 43.5 Å². The molecule has 1 aromatic carbocycles. The monoisotopic (exact) mass is 323 g/mol. The van der Waals surface area contributed by atoms with Crippen molar-refractivity contribution in [2.24, 2.45) is 5.41 Å². The van der Waals surface area contributed by atoms with Crippen LogP contribution in [0.5, 0.6) is 0 Å². The standard InChI is InChI=1S/C16H18ClNO2S/c17-11-4-5-13-12(8-11)18-14(21-13)9-16(10-15(19)20)6-2-1-3-7-16/h4-5,8H,1-3,6-7,9-10H2,(H,19,20). The minimum atomic E-state index is -0.693. The van der Waals surface area contributed by atoms with E-state index in [1.165, 1.54) is 6.42 Å². The average Bonchev–Trinajstić information content (AvgIpc) is 2.79. The number of thiazole rings is 1. The van der Waals surface area contributed by atoms with E-state index in [0.29, 0.717) is 5.02 Å². The van der Waals surface area contributed by atoms with E-state index in [0.717, 1.165) is 47.3 Å². The van der Waals surface area contributed by atoms with E-state index in [4.69, 9.17) is 11.6 Å². The zero-order chi connectivity index (χ0) is 14.9. The Balaban J connectivity index is 1.88. The van der Waals surface area contributed by atoms with Crippen molar-refractivity contribution in [2.75, 3.05) is 0 Å². The van der Waals surface area contributed by atoms with Gasteiger partial charge in [-0.05, 0) is 36.5 Å². The first-order valence-electron chi connectivity index (χ1n) is 7.33. The van der Waals surface area contributed by atoms with Crippen molar-refractivity contribution in [3.63, 3.8) is 0 Å². The summed E-state index contributed by atoms with van der Waals surface area (Å²) in [4.78, 5) is 15.9. The fourth-order valence-electron chi connectivity index (χ4n) is 3.38. The van der Waals surface area contributed by atoms with Gasteiger partial charge in [0.1, 0.15) is 0 Å². The number of carboxylic acid groups (broad SMARTS) is 1. The molecule has 2 aromatic rings. The molecule has 1 N–H and O–H groups in total. The van der Waals surface area contributed by atoms with E-state index in [-0.39, 0.29) is 11.8 Å². The summed E-state index contributed by atoms with van der Waals surface area (Å²) >= 11 is 7.67. The number of nitrogens with zero attached hydrogens (tertiary/aromatic N) is 1. The molecule has 1 saturated carbocycles. The highest BCUT2D eigenvalue weighted by molar-refractivity contribution is 7.18. The van der Waals surface area contributed by atoms with Crippen LogP contribution in [0.2, 0.25) is 5.02 Å². The molecule has 1 aliphatic rings. The van der Waals surface area contributed by atoms with E-state index in [1.54, 1.807) is 11.3 Å². The molecule has 0 atom stereocenters. The van der Waals surface area contributed by atoms with Gasteiger partial charge >= 0.3 is 5.97 Å². The van der Waals surface area contributed by atoms with Gasteiger partial charge in [-0.25, -0.2) is 4.98 Å². The summed E-state index contributed by atoms with van der Waals surface area (Å²) in [5.41, 5.74) is 0.811. The van der Waals surface area contributed by atoms with Crippen molar-refractivity contribution in [1.82, 2.24) is 4.98 Å². The number of aromatic nitrogens is 1. The van der Waals surface area contributed by atoms with Gasteiger partial charge in [-0.1, -0.05) is 30.9 Å². The van der Waals surface area contributed by atoms with Crippen molar-refractivity contribution in [2.45, 2.75) is 44.9 Å². The number of benzene rings is 1. The molecule has 0 aliphatic heterocycles. The number of fused-ring (bicyclic) bond motifs is 1. The Bertz CT molecular complexity index is 661. The normalized spacial score (nSPS) is 18.0. The molecule has 3 nitrogen and oxygen atoms in total. The first-order valence-corrected chi connectivity index (χ1v) is 8.53. The van der Waals surface area contributed by atoms with Crippen LogP contribution >= 0.6 is 22.9 Å². The molecule has 1 heterocycles. The lowest BCUT2D eigenvalue weighted by molar-refractivity contribution is -0.140. The molecule has 112 valence electrons. The van der Waals surface area contributed by atoms with Crippen LogP contribution in [0.4, 0.5) is 0 Å². The van der Waals surface area contributed by atoms with E-state index in [2.05, 4.69) is 4.98 Å². The Morgan fingerprint density at radius 3 is 2.81 bits per heavy atom. The first kappa shape index (κ1) is 14.8. The number of rotatable bonds is 4. The Kier molecular flexibility index (Phi) is 4.18. The topological polar surface area (TPSA) is 50.2 Å². The number of carboxylic acids is 1. The van der Waals surface area contributed by atoms with Crippen LogP contribution < -0.4 is 0 Å². The van der Waals surface area contributed by atoms with Crippen LogP contribution in [-0.4, -0.2) is 16.1 Å². The molecule has 0 bridgehead atoms. The van der Waals surface area contributed by atoms with Crippen molar-refractivity contribution in [3.8, 4) is 0 Å². The van der Waals surface area contributed by atoms with Gasteiger partial charge in [0, 0.05) is 11.4 Å². The highest BCUT2D eigenvalue weighted by Gasteiger charge is 2.35. The third-order valence-electron chi connectivity index (χ3n) is 4.36. The van der Waals surface area contributed by atoms with Crippen molar-refractivity contribution in [3.05, 3.63) is 28.2 Å². The fraction of sp³-hybridized carbons (Fsp3) is 0.500. The Labute approximate surface area is 133 Å². The second-order valence-electron chi connectivity index (χ2n) is 6.03. The van der Waals surface area contributed by atoms with E-state index in [1.807, 2.05) is 18.2 Å². The first-order chi connectivity index (χ1) is 10.1.